The van der Waals surface area contributed by atoms with Gasteiger partial charge in [0.15, 0.2) is 0 Å². The molecule has 1 aliphatic rings. The van der Waals surface area contributed by atoms with Crippen molar-refractivity contribution >= 4 is 27.7 Å². The molecule has 6 nitrogen and oxygen atoms in total. The van der Waals surface area contributed by atoms with Gasteiger partial charge in [0.05, 0.1) is 18.7 Å². The second-order valence-electron chi connectivity index (χ2n) is 7.32. The second kappa shape index (κ2) is 8.78. The van der Waals surface area contributed by atoms with E-state index in [0.29, 0.717) is 13.1 Å². The number of rotatable bonds is 5. The maximum atomic E-state index is 13.0. The van der Waals surface area contributed by atoms with Gasteiger partial charge in [-0.15, -0.1) is 0 Å². The Morgan fingerprint density at radius 2 is 2.07 bits per heavy atom. The lowest BCUT2D eigenvalue weighted by Crippen LogP contribution is -2.43. The fourth-order valence-electron chi connectivity index (χ4n) is 3.70. The van der Waals surface area contributed by atoms with Crippen molar-refractivity contribution in [2.45, 2.75) is 19.4 Å². The first-order valence-electron chi connectivity index (χ1n) is 9.71. The van der Waals surface area contributed by atoms with E-state index in [0.717, 1.165) is 46.8 Å². The third kappa shape index (κ3) is 4.67. The molecule has 0 bridgehead atoms. The lowest BCUT2D eigenvalue weighted by Gasteiger charge is -2.34. The molecule has 1 fully saturated rings. The van der Waals surface area contributed by atoms with Crippen LogP contribution in [0.2, 0.25) is 0 Å². The number of benzene rings is 1. The van der Waals surface area contributed by atoms with Crippen molar-refractivity contribution in [1.82, 2.24) is 14.9 Å². The van der Waals surface area contributed by atoms with Gasteiger partial charge >= 0.3 is 0 Å². The van der Waals surface area contributed by atoms with Crippen LogP contribution in [0.25, 0.3) is 11.3 Å². The topological polar surface area (TPSA) is 62.5 Å². The first kappa shape index (κ1) is 19.6. The number of aromatic nitrogens is 2. The first-order chi connectivity index (χ1) is 14.1. The Morgan fingerprint density at radius 3 is 2.83 bits per heavy atom. The minimum atomic E-state index is -0.0448. The molecular formula is C22H23BrN4O2. The number of amides is 1. The average molecular weight is 455 g/mol. The van der Waals surface area contributed by atoms with Gasteiger partial charge in [-0.05, 0) is 37.1 Å². The van der Waals surface area contributed by atoms with Gasteiger partial charge < -0.3 is 14.2 Å². The van der Waals surface area contributed by atoms with Crippen molar-refractivity contribution in [3.8, 4) is 11.3 Å². The normalized spacial score (nSPS) is 16.6. The molecule has 1 aliphatic heterocycles. The summed E-state index contributed by atoms with van der Waals surface area (Å²) >= 11 is 3.44. The molecule has 0 aliphatic carbocycles. The van der Waals surface area contributed by atoms with Crippen LogP contribution < -0.4 is 4.90 Å². The number of hydrogen-bond donors (Lipinski definition) is 0. The van der Waals surface area contributed by atoms with Gasteiger partial charge in [0, 0.05) is 42.6 Å². The molecule has 0 spiro atoms. The Labute approximate surface area is 178 Å². The maximum Gasteiger partial charge on any atom is 0.227 e. The molecule has 1 amide bonds. The summed E-state index contributed by atoms with van der Waals surface area (Å²) in [7, 11) is 1.84. The van der Waals surface area contributed by atoms with Crippen LogP contribution in [0.15, 0.2) is 63.9 Å². The second-order valence-corrected chi connectivity index (χ2v) is 8.23. The van der Waals surface area contributed by atoms with Gasteiger partial charge in [0.2, 0.25) is 5.91 Å². The Morgan fingerprint density at radius 1 is 1.24 bits per heavy atom. The smallest absolute Gasteiger partial charge is 0.227 e. The summed E-state index contributed by atoms with van der Waals surface area (Å²) in [5.74, 6) is 2.51. The Hall–Kier alpha value is -2.67. The third-order valence-electron chi connectivity index (χ3n) is 5.20. The molecule has 2 aromatic heterocycles. The standard InChI is InChI=1S/C22H23BrN4O2/c1-26(15-19-8-9-20(29-19)16-4-6-18(23)7-5-16)22(28)17-3-2-12-27(14-17)21-13-24-10-11-25-21/h4-11,13,17H,2-3,12,14-15H2,1H3/t17-/m0/s1. The number of carbonyl (C=O) groups is 1. The fraction of sp³-hybridized carbons (Fsp3) is 0.318. The zero-order valence-corrected chi connectivity index (χ0v) is 17.9. The lowest BCUT2D eigenvalue weighted by molar-refractivity contribution is -0.135. The zero-order valence-electron chi connectivity index (χ0n) is 16.3. The molecule has 0 saturated carbocycles. The minimum absolute atomic E-state index is 0.0448. The molecule has 4 rings (SSSR count). The molecule has 1 atom stereocenters. The number of anilines is 1. The van der Waals surface area contributed by atoms with Crippen molar-refractivity contribution in [3.05, 3.63) is 65.2 Å². The number of carbonyl (C=O) groups excluding carboxylic acids is 1. The Bertz CT molecular complexity index is 958. The Balaban J connectivity index is 1.39. The van der Waals surface area contributed by atoms with Crippen molar-refractivity contribution in [2.24, 2.45) is 5.92 Å². The van der Waals surface area contributed by atoms with E-state index in [4.69, 9.17) is 4.42 Å². The van der Waals surface area contributed by atoms with Crippen LogP contribution >= 0.6 is 15.9 Å². The minimum Gasteiger partial charge on any atom is -0.459 e. The van der Waals surface area contributed by atoms with Crippen molar-refractivity contribution < 1.29 is 9.21 Å². The van der Waals surface area contributed by atoms with Crippen LogP contribution in [0.1, 0.15) is 18.6 Å². The molecule has 150 valence electrons. The van der Waals surface area contributed by atoms with Crippen LogP contribution in [0.5, 0.6) is 0 Å². The predicted octanol–water partition coefficient (Wildman–Crippen LogP) is 4.37. The fourth-order valence-corrected chi connectivity index (χ4v) is 3.96. The number of nitrogens with zero attached hydrogens (tertiary/aromatic N) is 4. The van der Waals surface area contributed by atoms with Gasteiger partial charge in [0.25, 0.3) is 0 Å². The van der Waals surface area contributed by atoms with E-state index in [-0.39, 0.29) is 11.8 Å². The molecule has 0 N–H and O–H groups in total. The van der Waals surface area contributed by atoms with E-state index in [2.05, 4.69) is 30.8 Å². The van der Waals surface area contributed by atoms with Crippen molar-refractivity contribution in [2.75, 3.05) is 25.0 Å². The van der Waals surface area contributed by atoms with Gasteiger partial charge in [0.1, 0.15) is 17.3 Å². The number of hydrogen-bond acceptors (Lipinski definition) is 5. The molecule has 7 heteroatoms. The summed E-state index contributed by atoms with van der Waals surface area (Å²) in [5, 5.41) is 0. The molecule has 3 aromatic rings. The number of halogens is 1. The van der Waals surface area contributed by atoms with E-state index in [1.807, 2.05) is 43.4 Å². The van der Waals surface area contributed by atoms with E-state index < -0.39 is 0 Å². The quantitative estimate of drug-likeness (QED) is 0.572. The third-order valence-corrected chi connectivity index (χ3v) is 5.73. The first-order valence-corrected chi connectivity index (χ1v) is 10.5. The van der Waals surface area contributed by atoms with E-state index >= 15 is 0 Å². The van der Waals surface area contributed by atoms with E-state index in [9.17, 15) is 4.79 Å². The average Bonchev–Trinajstić information content (AvgIpc) is 3.23. The molecule has 29 heavy (non-hydrogen) atoms. The number of furan rings is 1. The summed E-state index contributed by atoms with van der Waals surface area (Å²) in [6, 6.07) is 11.9. The largest absolute Gasteiger partial charge is 0.459 e. The summed E-state index contributed by atoms with van der Waals surface area (Å²) in [6.07, 6.45) is 6.96. The van der Waals surface area contributed by atoms with Gasteiger partial charge in [-0.2, -0.15) is 0 Å². The van der Waals surface area contributed by atoms with Crippen molar-refractivity contribution in [3.63, 3.8) is 0 Å². The SMILES string of the molecule is CN(Cc1ccc(-c2ccc(Br)cc2)o1)C(=O)[C@H]1CCCN(c2cnccn2)C1. The van der Waals surface area contributed by atoms with Gasteiger partial charge in [-0.1, -0.05) is 28.1 Å². The van der Waals surface area contributed by atoms with Crippen LogP contribution in [0.3, 0.4) is 0 Å². The van der Waals surface area contributed by atoms with Crippen molar-refractivity contribution in [1.29, 1.82) is 0 Å². The van der Waals surface area contributed by atoms with E-state index in [1.54, 1.807) is 23.5 Å². The highest BCUT2D eigenvalue weighted by atomic mass is 79.9. The molecule has 0 unspecified atom stereocenters. The summed E-state index contributed by atoms with van der Waals surface area (Å²) in [6.45, 7) is 2.03. The van der Waals surface area contributed by atoms with Crippen LogP contribution in [-0.2, 0) is 11.3 Å². The molecular weight excluding hydrogens is 432 g/mol. The van der Waals surface area contributed by atoms with Gasteiger partial charge in [-0.3, -0.25) is 9.78 Å². The predicted molar refractivity (Wildman–Crippen MR) is 115 cm³/mol. The molecule has 0 radical (unpaired) electrons. The highest BCUT2D eigenvalue weighted by Crippen LogP contribution is 2.26. The zero-order chi connectivity index (χ0) is 20.2. The molecule has 3 heterocycles. The number of piperidine rings is 1. The lowest BCUT2D eigenvalue weighted by atomic mass is 9.96. The van der Waals surface area contributed by atoms with Crippen LogP contribution in [-0.4, -0.2) is 40.9 Å². The molecule has 1 aromatic carbocycles. The monoisotopic (exact) mass is 454 g/mol. The van der Waals surface area contributed by atoms with Crippen LogP contribution in [0.4, 0.5) is 5.82 Å². The summed E-state index contributed by atoms with van der Waals surface area (Å²) in [4.78, 5) is 25.4. The van der Waals surface area contributed by atoms with E-state index in [1.165, 1.54) is 0 Å². The van der Waals surface area contributed by atoms with Crippen LogP contribution in [0, 0.1) is 5.92 Å². The summed E-state index contributed by atoms with van der Waals surface area (Å²) in [5.41, 5.74) is 1.01. The van der Waals surface area contributed by atoms with Gasteiger partial charge in [-0.25, -0.2) is 4.98 Å². The highest BCUT2D eigenvalue weighted by Gasteiger charge is 2.29. The molecule has 1 saturated heterocycles. The Kier molecular flexibility index (Phi) is 5.94. The maximum absolute atomic E-state index is 13.0. The summed E-state index contributed by atoms with van der Waals surface area (Å²) < 4.78 is 7.00. The highest BCUT2D eigenvalue weighted by molar-refractivity contribution is 9.10.